The van der Waals surface area contributed by atoms with Gasteiger partial charge in [-0.15, -0.1) is 0 Å². The van der Waals surface area contributed by atoms with E-state index in [1.54, 1.807) is 0 Å². The Bertz CT molecular complexity index is 1160. The molecule has 0 spiro atoms. The molecule has 1 heterocycles. The molecule has 1 fully saturated rings. The Kier molecular flexibility index (Phi) is 7.12. The Morgan fingerprint density at radius 1 is 1.15 bits per heavy atom. The topological polar surface area (TPSA) is 49.8 Å². The second-order valence-electron chi connectivity index (χ2n) is 8.87. The van der Waals surface area contributed by atoms with Crippen molar-refractivity contribution >= 4 is 22.4 Å². The van der Waals surface area contributed by atoms with Crippen LogP contribution in [0.15, 0.2) is 60.7 Å². The highest BCUT2D eigenvalue weighted by Crippen LogP contribution is 2.35. The third kappa shape index (κ3) is 5.36. The van der Waals surface area contributed by atoms with Crippen LogP contribution in [0.4, 0.5) is 18.9 Å². The van der Waals surface area contributed by atoms with Crippen molar-refractivity contribution in [1.82, 2.24) is 0 Å². The summed E-state index contributed by atoms with van der Waals surface area (Å²) < 4.78 is 46.1. The normalized spacial score (nSPS) is 17.6. The molecule has 0 radical (unpaired) electrons. The van der Waals surface area contributed by atoms with Gasteiger partial charge in [-0.1, -0.05) is 55.8 Å². The number of hydrogen-bond acceptors (Lipinski definition) is 3. The van der Waals surface area contributed by atoms with E-state index in [1.165, 1.54) is 22.4 Å². The fraction of sp³-hybridized carbons (Fsp3) is 0.370. The summed E-state index contributed by atoms with van der Waals surface area (Å²) in [7, 11) is 0. The lowest BCUT2D eigenvalue weighted by Crippen LogP contribution is -2.42. The monoisotopic (exact) mass is 471 g/mol. The molecule has 0 aromatic heterocycles. The van der Waals surface area contributed by atoms with Crippen molar-refractivity contribution in [2.75, 3.05) is 24.6 Å². The number of halogens is 3. The number of benzene rings is 3. The predicted octanol–water partition coefficient (Wildman–Crippen LogP) is 6.74. The van der Waals surface area contributed by atoms with E-state index in [0.717, 1.165) is 31.4 Å². The minimum absolute atomic E-state index is 0.0815. The fourth-order valence-corrected chi connectivity index (χ4v) is 4.77. The zero-order valence-corrected chi connectivity index (χ0v) is 19.0. The number of anilines is 1. The average Bonchev–Trinajstić information content (AvgIpc) is 2.83. The van der Waals surface area contributed by atoms with Crippen molar-refractivity contribution in [1.29, 1.82) is 0 Å². The summed E-state index contributed by atoms with van der Waals surface area (Å²) in [6, 6.07) is 18.1. The molecule has 0 bridgehead atoms. The summed E-state index contributed by atoms with van der Waals surface area (Å²) in [5, 5.41) is 11.6. The van der Waals surface area contributed by atoms with Gasteiger partial charge in [0.05, 0.1) is 23.8 Å². The van der Waals surface area contributed by atoms with Gasteiger partial charge in [0.15, 0.2) is 0 Å². The number of carbonyl (C=O) groups is 1. The number of hydrogen-bond donors (Lipinski definition) is 1. The Balaban J connectivity index is 1.38. The largest absolute Gasteiger partial charge is 0.478 e. The quantitative estimate of drug-likeness (QED) is 0.415. The van der Waals surface area contributed by atoms with Crippen molar-refractivity contribution in [3.05, 3.63) is 77.4 Å². The lowest BCUT2D eigenvalue weighted by Gasteiger charge is -2.35. The van der Waals surface area contributed by atoms with Gasteiger partial charge in [-0.2, -0.15) is 13.2 Å². The fourth-order valence-electron chi connectivity index (χ4n) is 4.77. The number of fused-ring (bicyclic) bond motifs is 1. The summed E-state index contributed by atoms with van der Waals surface area (Å²) in [5.74, 6) is -1.21. The molecule has 4 nitrogen and oxygen atoms in total. The summed E-state index contributed by atoms with van der Waals surface area (Å²) in [6.07, 6.45) is -2.08. The van der Waals surface area contributed by atoms with E-state index in [2.05, 4.69) is 43.3 Å². The number of rotatable bonds is 7. The van der Waals surface area contributed by atoms with Crippen LogP contribution in [0.3, 0.4) is 0 Å². The van der Waals surface area contributed by atoms with Crippen molar-refractivity contribution in [3.8, 4) is 0 Å². The number of ether oxygens (including phenoxy) is 1. The highest BCUT2D eigenvalue weighted by Gasteiger charge is 2.36. The minimum atomic E-state index is -4.73. The molecule has 1 aliphatic heterocycles. The first-order valence-electron chi connectivity index (χ1n) is 11.5. The number of nitrogens with zero attached hydrogens (tertiary/aromatic N) is 1. The molecule has 0 aliphatic carbocycles. The van der Waals surface area contributed by atoms with Crippen LogP contribution >= 0.6 is 0 Å². The van der Waals surface area contributed by atoms with E-state index < -0.39 is 23.3 Å². The predicted molar refractivity (Wildman–Crippen MR) is 127 cm³/mol. The molecule has 4 rings (SSSR count). The van der Waals surface area contributed by atoms with Crippen molar-refractivity contribution in [2.24, 2.45) is 0 Å². The van der Waals surface area contributed by atoms with Crippen molar-refractivity contribution in [3.63, 3.8) is 0 Å². The van der Waals surface area contributed by atoms with Gasteiger partial charge in [-0.3, -0.25) is 0 Å². The van der Waals surface area contributed by atoms with Gasteiger partial charge in [-0.25, -0.2) is 4.79 Å². The van der Waals surface area contributed by atoms with Crippen LogP contribution in [0, 0.1) is 0 Å². The Morgan fingerprint density at radius 2 is 1.91 bits per heavy atom. The molecule has 34 heavy (non-hydrogen) atoms. The molecule has 7 heteroatoms. The van der Waals surface area contributed by atoms with Crippen LogP contribution < -0.4 is 4.90 Å². The first-order chi connectivity index (χ1) is 16.2. The Hall–Kier alpha value is -3.06. The molecule has 1 saturated heterocycles. The third-order valence-electron chi connectivity index (χ3n) is 6.56. The molecule has 0 amide bonds. The molecular weight excluding hydrogens is 443 g/mol. The van der Waals surface area contributed by atoms with E-state index in [1.807, 2.05) is 11.0 Å². The lowest BCUT2D eigenvalue weighted by atomic mass is 9.90. The first kappa shape index (κ1) is 24.1. The van der Waals surface area contributed by atoms with Gasteiger partial charge in [0.25, 0.3) is 0 Å². The van der Waals surface area contributed by atoms with Crippen molar-refractivity contribution in [2.45, 2.75) is 44.4 Å². The van der Waals surface area contributed by atoms with Crippen LogP contribution in [0.2, 0.25) is 0 Å². The average molecular weight is 472 g/mol. The zero-order chi connectivity index (χ0) is 24.3. The number of aromatic carboxylic acids is 1. The van der Waals surface area contributed by atoms with Gasteiger partial charge in [0, 0.05) is 18.8 Å². The Morgan fingerprint density at radius 3 is 2.68 bits per heavy atom. The molecule has 3 aromatic carbocycles. The second-order valence-corrected chi connectivity index (χ2v) is 8.87. The summed E-state index contributed by atoms with van der Waals surface area (Å²) in [6.45, 7) is 3.59. The van der Waals surface area contributed by atoms with Crippen LogP contribution in [-0.4, -0.2) is 36.9 Å². The maximum Gasteiger partial charge on any atom is 0.417 e. The van der Waals surface area contributed by atoms with Gasteiger partial charge in [0.2, 0.25) is 0 Å². The van der Waals surface area contributed by atoms with E-state index >= 15 is 0 Å². The summed E-state index contributed by atoms with van der Waals surface area (Å²) in [4.78, 5) is 13.1. The zero-order valence-electron chi connectivity index (χ0n) is 19.0. The second kappa shape index (κ2) is 10.1. The maximum atomic E-state index is 13.4. The molecular formula is C27H28F3NO3. The van der Waals surface area contributed by atoms with Crippen LogP contribution in [-0.2, 0) is 10.9 Å². The summed E-state index contributed by atoms with van der Waals surface area (Å²) >= 11 is 0. The standard InChI is InChI=1S/C27H28F3NO3/c1-18(22-11-5-8-19-7-2-3-10-23(19)22)6-4-9-21-17-31(14-15-34-21)20-12-13-24(26(32)33)25(16-20)27(28,29)30/h2-3,5,7-8,10-13,16,18,21H,4,6,9,14-15,17H2,1H3,(H,32,33)/t18-,21?/m0/s1. The number of alkyl halides is 3. The van der Waals surface area contributed by atoms with Crippen LogP contribution in [0.5, 0.6) is 0 Å². The van der Waals surface area contributed by atoms with Gasteiger partial charge < -0.3 is 14.7 Å². The highest BCUT2D eigenvalue weighted by molar-refractivity contribution is 5.90. The minimum Gasteiger partial charge on any atom is -0.478 e. The van der Waals surface area contributed by atoms with Crippen LogP contribution in [0.25, 0.3) is 10.8 Å². The van der Waals surface area contributed by atoms with Crippen LogP contribution in [0.1, 0.15) is 53.6 Å². The Labute approximate surface area is 197 Å². The molecule has 1 unspecified atom stereocenters. The number of morpholine rings is 1. The lowest BCUT2D eigenvalue weighted by molar-refractivity contribution is -0.138. The van der Waals surface area contributed by atoms with Gasteiger partial charge in [0.1, 0.15) is 0 Å². The van der Waals surface area contributed by atoms with E-state index in [-0.39, 0.29) is 6.10 Å². The SMILES string of the molecule is C[C@@H](CCCC1CN(c2ccc(C(=O)O)c(C(F)(F)F)c2)CCO1)c1cccc2ccccc12. The van der Waals surface area contributed by atoms with Gasteiger partial charge in [-0.05, 0) is 53.3 Å². The number of carboxylic acid groups (broad SMARTS) is 1. The van der Waals surface area contributed by atoms with Gasteiger partial charge >= 0.3 is 12.1 Å². The third-order valence-corrected chi connectivity index (χ3v) is 6.56. The molecule has 180 valence electrons. The highest BCUT2D eigenvalue weighted by atomic mass is 19.4. The maximum absolute atomic E-state index is 13.4. The summed E-state index contributed by atoms with van der Waals surface area (Å²) in [5.41, 5.74) is -0.162. The van der Waals surface area contributed by atoms with Crippen molar-refractivity contribution < 1.29 is 27.8 Å². The van der Waals surface area contributed by atoms with E-state index in [0.29, 0.717) is 31.3 Å². The number of carboxylic acids is 1. The van der Waals surface area contributed by atoms with E-state index in [4.69, 9.17) is 9.84 Å². The van der Waals surface area contributed by atoms with E-state index in [9.17, 15) is 18.0 Å². The molecule has 1 N–H and O–H groups in total. The molecule has 0 saturated carbocycles. The smallest absolute Gasteiger partial charge is 0.417 e. The molecule has 2 atom stereocenters. The molecule has 3 aromatic rings. The first-order valence-corrected chi connectivity index (χ1v) is 11.5. The molecule has 1 aliphatic rings.